The number of rotatable bonds is 3. The third-order valence-corrected chi connectivity index (χ3v) is 2.78. The first-order chi connectivity index (χ1) is 8.70. The van der Waals surface area contributed by atoms with Crippen LogP contribution in [0.1, 0.15) is 15.9 Å². The fourth-order valence-corrected chi connectivity index (χ4v) is 1.86. The van der Waals surface area contributed by atoms with Crippen molar-refractivity contribution in [3.63, 3.8) is 0 Å². The van der Waals surface area contributed by atoms with Gasteiger partial charge in [0.05, 0.1) is 0 Å². The molecule has 0 spiro atoms. The van der Waals surface area contributed by atoms with Gasteiger partial charge in [0.15, 0.2) is 0 Å². The summed E-state index contributed by atoms with van der Waals surface area (Å²) in [5, 5.41) is 2.64. The van der Waals surface area contributed by atoms with Crippen LogP contribution < -0.4 is 5.32 Å². The number of halogens is 2. The summed E-state index contributed by atoms with van der Waals surface area (Å²) in [4.78, 5) is 12.0. The lowest BCUT2D eigenvalue weighted by Gasteiger charge is -2.08. The topological polar surface area (TPSA) is 29.1 Å². The Morgan fingerprint density at radius 3 is 2.67 bits per heavy atom. The minimum absolute atomic E-state index is 0.257. The van der Waals surface area contributed by atoms with E-state index in [2.05, 4.69) is 5.32 Å². The molecule has 0 aliphatic heterocycles. The zero-order valence-corrected chi connectivity index (χ0v) is 10.2. The fourth-order valence-electron chi connectivity index (χ4n) is 1.62. The Balaban J connectivity index is 2.22. The second-order valence-corrected chi connectivity index (χ2v) is 4.02. The molecular weight excluding hydrogens is 253 g/mol. The number of hydrogen-bond donors (Lipinski definition) is 1. The minimum Gasteiger partial charge on any atom is -0.322 e. The van der Waals surface area contributed by atoms with Crippen molar-refractivity contribution in [2.75, 3.05) is 5.32 Å². The summed E-state index contributed by atoms with van der Waals surface area (Å²) in [5.74, 6) is -0.428. The summed E-state index contributed by atoms with van der Waals surface area (Å²) >= 11 is 5.76. The van der Waals surface area contributed by atoms with Gasteiger partial charge in [0.2, 0.25) is 0 Å². The molecule has 0 atom stereocenters. The predicted octanol–water partition coefficient (Wildman–Crippen LogP) is 3.82. The Labute approximate surface area is 109 Å². The SMILES string of the molecule is O=C(Nc1cccc(F)c1)c1ccccc1CCl. The molecule has 0 aliphatic rings. The van der Waals surface area contributed by atoms with Gasteiger partial charge in [-0.3, -0.25) is 4.79 Å². The molecule has 0 saturated heterocycles. The number of hydrogen-bond acceptors (Lipinski definition) is 1. The molecule has 0 heterocycles. The average molecular weight is 264 g/mol. The van der Waals surface area contributed by atoms with Crippen molar-refractivity contribution in [3.8, 4) is 0 Å². The van der Waals surface area contributed by atoms with E-state index in [9.17, 15) is 9.18 Å². The maximum Gasteiger partial charge on any atom is 0.255 e. The molecule has 2 aromatic rings. The van der Waals surface area contributed by atoms with Gasteiger partial charge >= 0.3 is 0 Å². The number of amides is 1. The van der Waals surface area contributed by atoms with Gasteiger partial charge in [-0.15, -0.1) is 11.6 Å². The normalized spacial score (nSPS) is 10.1. The molecule has 2 nitrogen and oxygen atoms in total. The van der Waals surface area contributed by atoms with Gasteiger partial charge in [0.1, 0.15) is 5.82 Å². The lowest BCUT2D eigenvalue weighted by Crippen LogP contribution is -2.13. The average Bonchev–Trinajstić information content (AvgIpc) is 2.38. The van der Waals surface area contributed by atoms with Gasteiger partial charge in [0, 0.05) is 17.1 Å². The van der Waals surface area contributed by atoms with E-state index >= 15 is 0 Å². The molecular formula is C14H11ClFNO. The summed E-state index contributed by atoms with van der Waals surface area (Å²) in [5.41, 5.74) is 1.66. The van der Waals surface area contributed by atoms with Crippen molar-refractivity contribution in [3.05, 3.63) is 65.5 Å². The van der Waals surface area contributed by atoms with E-state index in [1.54, 1.807) is 30.3 Å². The van der Waals surface area contributed by atoms with Crippen LogP contribution in [0.15, 0.2) is 48.5 Å². The Bertz CT molecular complexity index is 571. The van der Waals surface area contributed by atoms with Crippen LogP contribution in [0.25, 0.3) is 0 Å². The predicted molar refractivity (Wildman–Crippen MR) is 70.4 cm³/mol. The monoisotopic (exact) mass is 263 g/mol. The Hall–Kier alpha value is -1.87. The van der Waals surface area contributed by atoms with E-state index < -0.39 is 5.82 Å². The van der Waals surface area contributed by atoms with Gasteiger partial charge in [-0.25, -0.2) is 4.39 Å². The molecule has 0 bridgehead atoms. The van der Waals surface area contributed by atoms with E-state index in [1.165, 1.54) is 12.1 Å². The minimum atomic E-state index is -0.390. The van der Waals surface area contributed by atoms with Crippen molar-refractivity contribution < 1.29 is 9.18 Å². The van der Waals surface area contributed by atoms with Crippen molar-refractivity contribution in [2.24, 2.45) is 0 Å². The van der Waals surface area contributed by atoms with Crippen LogP contribution in [0.3, 0.4) is 0 Å². The molecule has 0 unspecified atom stereocenters. The van der Waals surface area contributed by atoms with Crippen LogP contribution in [0.4, 0.5) is 10.1 Å². The molecule has 0 fully saturated rings. The van der Waals surface area contributed by atoms with Gasteiger partial charge < -0.3 is 5.32 Å². The van der Waals surface area contributed by atoms with Crippen molar-refractivity contribution in [1.82, 2.24) is 0 Å². The third-order valence-electron chi connectivity index (χ3n) is 2.49. The number of benzene rings is 2. The standard InChI is InChI=1S/C14H11ClFNO/c15-9-10-4-1-2-7-13(10)14(18)17-12-6-3-5-11(16)8-12/h1-8H,9H2,(H,17,18). The molecule has 0 saturated carbocycles. The Morgan fingerprint density at radius 1 is 1.17 bits per heavy atom. The maximum absolute atomic E-state index is 13.0. The lowest BCUT2D eigenvalue weighted by molar-refractivity contribution is 0.102. The van der Waals surface area contributed by atoms with Gasteiger partial charge in [0.25, 0.3) is 5.91 Å². The van der Waals surface area contributed by atoms with E-state index in [0.717, 1.165) is 5.56 Å². The maximum atomic E-state index is 13.0. The van der Waals surface area contributed by atoms with Crippen LogP contribution in [0, 0.1) is 5.82 Å². The summed E-state index contributed by atoms with van der Waals surface area (Å²) in [7, 11) is 0. The highest BCUT2D eigenvalue weighted by Gasteiger charge is 2.10. The highest BCUT2D eigenvalue weighted by Crippen LogP contribution is 2.15. The number of nitrogens with one attached hydrogen (secondary N) is 1. The summed E-state index contributed by atoms with van der Waals surface area (Å²) in [6.45, 7) is 0. The molecule has 0 aromatic heterocycles. The van der Waals surface area contributed by atoms with Crippen LogP contribution in [-0.4, -0.2) is 5.91 Å². The van der Waals surface area contributed by atoms with Crippen molar-refractivity contribution in [1.29, 1.82) is 0 Å². The largest absolute Gasteiger partial charge is 0.322 e. The highest BCUT2D eigenvalue weighted by molar-refractivity contribution is 6.18. The zero-order valence-electron chi connectivity index (χ0n) is 9.49. The molecule has 92 valence electrons. The van der Waals surface area contributed by atoms with Crippen LogP contribution >= 0.6 is 11.6 Å². The molecule has 18 heavy (non-hydrogen) atoms. The first-order valence-electron chi connectivity index (χ1n) is 5.41. The second kappa shape index (κ2) is 5.65. The fraction of sp³-hybridized carbons (Fsp3) is 0.0714. The van der Waals surface area contributed by atoms with Crippen LogP contribution in [0.5, 0.6) is 0 Å². The zero-order chi connectivity index (χ0) is 13.0. The van der Waals surface area contributed by atoms with Crippen molar-refractivity contribution >= 4 is 23.2 Å². The number of alkyl halides is 1. The highest BCUT2D eigenvalue weighted by atomic mass is 35.5. The second-order valence-electron chi connectivity index (χ2n) is 3.76. The summed E-state index contributed by atoms with van der Waals surface area (Å²) in [6, 6.07) is 12.8. The number of carbonyl (C=O) groups excluding carboxylic acids is 1. The Kier molecular flexibility index (Phi) is 3.95. The first-order valence-corrected chi connectivity index (χ1v) is 5.95. The van der Waals surface area contributed by atoms with Gasteiger partial charge in [-0.1, -0.05) is 24.3 Å². The van der Waals surface area contributed by atoms with Crippen LogP contribution in [0.2, 0.25) is 0 Å². The third kappa shape index (κ3) is 2.87. The number of carbonyl (C=O) groups is 1. The smallest absolute Gasteiger partial charge is 0.255 e. The molecule has 1 amide bonds. The van der Waals surface area contributed by atoms with Gasteiger partial charge in [-0.05, 0) is 29.8 Å². The summed E-state index contributed by atoms with van der Waals surface area (Å²) < 4.78 is 13.0. The molecule has 1 N–H and O–H groups in total. The van der Waals surface area contributed by atoms with E-state index in [0.29, 0.717) is 11.3 Å². The van der Waals surface area contributed by atoms with E-state index in [4.69, 9.17) is 11.6 Å². The molecule has 2 rings (SSSR count). The van der Waals surface area contributed by atoms with Crippen LogP contribution in [-0.2, 0) is 5.88 Å². The van der Waals surface area contributed by atoms with E-state index in [1.807, 2.05) is 6.07 Å². The number of anilines is 1. The molecule has 4 heteroatoms. The summed E-state index contributed by atoms with van der Waals surface area (Å²) in [6.07, 6.45) is 0. The van der Waals surface area contributed by atoms with E-state index in [-0.39, 0.29) is 11.8 Å². The van der Waals surface area contributed by atoms with Gasteiger partial charge in [-0.2, -0.15) is 0 Å². The molecule has 0 radical (unpaired) electrons. The lowest BCUT2D eigenvalue weighted by atomic mass is 10.1. The Morgan fingerprint density at radius 2 is 1.94 bits per heavy atom. The molecule has 0 aliphatic carbocycles. The molecule has 2 aromatic carbocycles. The first kappa shape index (κ1) is 12.6. The quantitative estimate of drug-likeness (QED) is 0.838. The van der Waals surface area contributed by atoms with Crippen molar-refractivity contribution in [2.45, 2.75) is 5.88 Å².